The lowest BCUT2D eigenvalue weighted by Gasteiger charge is -2.19. The minimum atomic E-state index is -0.387. The van der Waals surface area contributed by atoms with Crippen LogP contribution >= 0.6 is 11.6 Å². The molecule has 0 aliphatic carbocycles. The summed E-state index contributed by atoms with van der Waals surface area (Å²) in [4.78, 5) is 24.4. The maximum atomic E-state index is 12.9. The third-order valence-electron chi connectivity index (χ3n) is 5.38. The van der Waals surface area contributed by atoms with Crippen LogP contribution in [-0.4, -0.2) is 12.3 Å². The van der Waals surface area contributed by atoms with Crippen molar-refractivity contribution < 1.29 is 14.3 Å². The molecule has 0 saturated heterocycles. The lowest BCUT2D eigenvalue weighted by Crippen LogP contribution is -2.07. The molecule has 1 aliphatic heterocycles. The Bertz CT molecular complexity index is 1150. The van der Waals surface area contributed by atoms with Crippen molar-refractivity contribution in [2.45, 2.75) is 18.8 Å². The molecule has 0 fully saturated rings. The zero-order valence-corrected chi connectivity index (χ0v) is 17.6. The molecule has 0 N–H and O–H groups in total. The summed E-state index contributed by atoms with van der Waals surface area (Å²) in [7, 11) is 0. The molecular weight excluding hydrogens is 408 g/mol. The van der Waals surface area contributed by atoms with Crippen molar-refractivity contribution in [2.75, 3.05) is 0 Å². The summed E-state index contributed by atoms with van der Waals surface area (Å²) in [6, 6.07) is 26.8. The Kier molecular flexibility index (Phi) is 6.44. The van der Waals surface area contributed by atoms with E-state index in [2.05, 4.69) is 0 Å². The Labute approximate surface area is 186 Å². The van der Waals surface area contributed by atoms with Crippen LogP contribution in [-0.2, 0) is 14.3 Å². The smallest absolute Gasteiger partial charge is 0.343 e. The summed E-state index contributed by atoms with van der Waals surface area (Å²) in [5.74, 6) is -0.0173. The summed E-state index contributed by atoms with van der Waals surface area (Å²) in [6.45, 7) is 0. The number of esters is 1. The SMILES string of the molecule is O=CC[C@H](C/C(=C1/C=C(c2ccccc2)OC1=O)c1ccccc1)c1ccccc1Cl. The van der Waals surface area contributed by atoms with E-state index < -0.39 is 0 Å². The van der Waals surface area contributed by atoms with Gasteiger partial charge >= 0.3 is 5.97 Å². The molecule has 1 atom stereocenters. The van der Waals surface area contributed by atoms with Crippen LogP contribution in [0.1, 0.15) is 35.4 Å². The molecule has 4 rings (SSSR count). The average molecular weight is 429 g/mol. The molecule has 3 aromatic carbocycles. The van der Waals surface area contributed by atoms with Crippen molar-refractivity contribution >= 4 is 35.2 Å². The van der Waals surface area contributed by atoms with Crippen molar-refractivity contribution in [2.24, 2.45) is 0 Å². The van der Waals surface area contributed by atoms with Crippen LogP contribution in [0.4, 0.5) is 0 Å². The van der Waals surface area contributed by atoms with Gasteiger partial charge in [-0.3, -0.25) is 0 Å². The second-order valence-corrected chi connectivity index (χ2v) is 7.75. The molecule has 1 heterocycles. The highest BCUT2D eigenvalue weighted by Gasteiger charge is 2.28. The van der Waals surface area contributed by atoms with E-state index in [0.29, 0.717) is 29.2 Å². The number of benzene rings is 3. The number of carbonyl (C=O) groups excluding carboxylic acids is 2. The van der Waals surface area contributed by atoms with Gasteiger partial charge in [0.25, 0.3) is 0 Å². The number of hydrogen-bond acceptors (Lipinski definition) is 3. The zero-order chi connectivity index (χ0) is 21.6. The van der Waals surface area contributed by atoms with Crippen molar-refractivity contribution in [1.82, 2.24) is 0 Å². The Balaban J connectivity index is 1.81. The van der Waals surface area contributed by atoms with Crippen molar-refractivity contribution in [3.63, 3.8) is 0 Å². The molecule has 0 unspecified atom stereocenters. The third kappa shape index (κ3) is 4.68. The minimum absolute atomic E-state index is 0.157. The molecule has 31 heavy (non-hydrogen) atoms. The van der Waals surface area contributed by atoms with Gasteiger partial charge < -0.3 is 9.53 Å². The predicted octanol–water partition coefficient (Wildman–Crippen LogP) is 6.45. The summed E-state index contributed by atoms with van der Waals surface area (Å²) >= 11 is 6.44. The summed E-state index contributed by atoms with van der Waals surface area (Å²) in [6.07, 6.45) is 3.48. The number of allylic oxidation sites excluding steroid dienone is 1. The van der Waals surface area contributed by atoms with Crippen LogP contribution in [0.15, 0.2) is 96.6 Å². The van der Waals surface area contributed by atoms with Crippen molar-refractivity contribution in [1.29, 1.82) is 0 Å². The number of aldehydes is 1. The van der Waals surface area contributed by atoms with Crippen LogP contribution in [0.3, 0.4) is 0 Å². The molecule has 3 nitrogen and oxygen atoms in total. The van der Waals surface area contributed by atoms with Gasteiger partial charge in [0.2, 0.25) is 0 Å². The van der Waals surface area contributed by atoms with Gasteiger partial charge in [-0.2, -0.15) is 0 Å². The average Bonchev–Trinajstić information content (AvgIpc) is 3.19. The third-order valence-corrected chi connectivity index (χ3v) is 5.72. The van der Waals surface area contributed by atoms with Crippen LogP contribution in [0.5, 0.6) is 0 Å². The van der Waals surface area contributed by atoms with Gasteiger partial charge in [-0.15, -0.1) is 0 Å². The molecule has 0 saturated carbocycles. The second-order valence-electron chi connectivity index (χ2n) is 7.35. The number of carbonyl (C=O) groups is 2. The summed E-state index contributed by atoms with van der Waals surface area (Å²) in [5.41, 5.74) is 4.00. The van der Waals surface area contributed by atoms with Crippen LogP contribution in [0, 0.1) is 0 Å². The van der Waals surface area contributed by atoms with E-state index in [9.17, 15) is 9.59 Å². The van der Waals surface area contributed by atoms with Gasteiger partial charge in [-0.05, 0) is 41.2 Å². The molecule has 0 radical (unpaired) electrons. The molecule has 1 aliphatic rings. The number of rotatable bonds is 7. The normalized spacial score (nSPS) is 15.8. The van der Waals surface area contributed by atoms with Gasteiger partial charge in [-0.1, -0.05) is 90.5 Å². The van der Waals surface area contributed by atoms with E-state index in [1.165, 1.54) is 0 Å². The highest BCUT2D eigenvalue weighted by atomic mass is 35.5. The molecular formula is C27H21ClO3. The van der Waals surface area contributed by atoms with Crippen LogP contribution < -0.4 is 0 Å². The number of halogens is 1. The van der Waals surface area contributed by atoms with Crippen LogP contribution in [0.25, 0.3) is 11.3 Å². The number of hydrogen-bond donors (Lipinski definition) is 0. The maximum Gasteiger partial charge on any atom is 0.343 e. The largest absolute Gasteiger partial charge is 0.422 e. The minimum Gasteiger partial charge on any atom is -0.422 e. The Hall–Kier alpha value is -3.43. The maximum absolute atomic E-state index is 12.9. The van der Waals surface area contributed by atoms with E-state index >= 15 is 0 Å². The number of cyclic esters (lactones) is 1. The van der Waals surface area contributed by atoms with Gasteiger partial charge in [-0.25, -0.2) is 4.79 Å². The fraction of sp³-hybridized carbons (Fsp3) is 0.111. The second kappa shape index (κ2) is 9.59. The van der Waals surface area contributed by atoms with E-state index in [0.717, 1.165) is 28.5 Å². The first kappa shape index (κ1) is 20.8. The van der Waals surface area contributed by atoms with E-state index in [1.54, 1.807) is 6.08 Å². The Morgan fingerprint density at radius 3 is 2.23 bits per heavy atom. The van der Waals surface area contributed by atoms with Gasteiger partial charge in [0.15, 0.2) is 0 Å². The molecule has 0 spiro atoms. The van der Waals surface area contributed by atoms with Crippen molar-refractivity contribution in [3.8, 4) is 0 Å². The molecule has 154 valence electrons. The van der Waals surface area contributed by atoms with E-state index in [4.69, 9.17) is 16.3 Å². The van der Waals surface area contributed by atoms with Gasteiger partial charge in [0, 0.05) is 17.0 Å². The highest BCUT2D eigenvalue weighted by Crippen LogP contribution is 2.39. The predicted molar refractivity (Wildman–Crippen MR) is 123 cm³/mol. The molecule has 0 amide bonds. The van der Waals surface area contributed by atoms with E-state index in [-0.39, 0.29) is 11.9 Å². The van der Waals surface area contributed by atoms with Gasteiger partial charge in [0.1, 0.15) is 12.0 Å². The first-order chi connectivity index (χ1) is 15.2. The topological polar surface area (TPSA) is 43.4 Å². The van der Waals surface area contributed by atoms with E-state index in [1.807, 2.05) is 84.9 Å². The van der Waals surface area contributed by atoms with Gasteiger partial charge in [0.05, 0.1) is 5.57 Å². The fourth-order valence-electron chi connectivity index (χ4n) is 3.84. The fourth-order valence-corrected chi connectivity index (χ4v) is 4.13. The number of ether oxygens (including phenoxy) is 1. The standard InChI is InChI=1S/C27H21ClO3/c28-25-14-8-7-13-22(25)21(15-16-29)17-23(19-9-3-1-4-10-19)24-18-26(31-27(24)30)20-11-5-2-6-12-20/h1-14,16,18,21H,15,17H2/b24-23+/t21-/m1/s1. The monoisotopic (exact) mass is 428 g/mol. The Morgan fingerprint density at radius 2 is 1.55 bits per heavy atom. The quantitative estimate of drug-likeness (QED) is 0.246. The highest BCUT2D eigenvalue weighted by molar-refractivity contribution is 6.31. The molecule has 4 heteroatoms. The lowest BCUT2D eigenvalue weighted by molar-refractivity contribution is -0.130. The summed E-state index contributed by atoms with van der Waals surface area (Å²) in [5, 5.41) is 0.612. The molecule has 0 aromatic heterocycles. The first-order valence-corrected chi connectivity index (χ1v) is 10.5. The molecule has 3 aromatic rings. The lowest BCUT2D eigenvalue weighted by atomic mass is 9.85. The molecule has 0 bridgehead atoms. The van der Waals surface area contributed by atoms with Crippen molar-refractivity contribution in [3.05, 3.63) is 118 Å². The first-order valence-electron chi connectivity index (χ1n) is 10.1. The zero-order valence-electron chi connectivity index (χ0n) is 16.8. The summed E-state index contributed by atoms with van der Waals surface area (Å²) < 4.78 is 5.60. The van der Waals surface area contributed by atoms with Crippen LogP contribution in [0.2, 0.25) is 5.02 Å². The Morgan fingerprint density at radius 1 is 0.903 bits per heavy atom.